The maximum Gasteiger partial charge on any atom is 0.311 e. The molecule has 11 nitrogen and oxygen atoms in total. The van der Waals surface area contributed by atoms with Gasteiger partial charge < -0.3 is 10.2 Å². The van der Waals surface area contributed by atoms with Crippen molar-refractivity contribution in [2.24, 2.45) is 9.98 Å². The number of rotatable bonds is 6. The molecular formula is C19H13N5O6. The van der Waals surface area contributed by atoms with E-state index in [0.29, 0.717) is 0 Å². The lowest BCUT2D eigenvalue weighted by molar-refractivity contribution is -0.386. The minimum Gasteiger partial charge on any atom is -0.502 e. The molecule has 3 rings (SSSR count). The summed E-state index contributed by atoms with van der Waals surface area (Å²) < 4.78 is 0. The van der Waals surface area contributed by atoms with Gasteiger partial charge in [0.05, 0.1) is 9.85 Å². The number of aromatic nitrogens is 1. The number of hydrogen-bond donors (Lipinski definition) is 2. The molecule has 3 aromatic rings. The molecular weight excluding hydrogens is 394 g/mol. The number of aromatic hydroxyl groups is 2. The summed E-state index contributed by atoms with van der Waals surface area (Å²) in [6, 6.07) is 12.8. The van der Waals surface area contributed by atoms with Crippen molar-refractivity contribution in [1.29, 1.82) is 0 Å². The molecule has 0 aliphatic heterocycles. The quantitative estimate of drug-likeness (QED) is 0.356. The lowest BCUT2D eigenvalue weighted by atomic mass is 10.2. The van der Waals surface area contributed by atoms with E-state index < -0.39 is 32.7 Å². The van der Waals surface area contributed by atoms with Crippen molar-refractivity contribution in [1.82, 2.24) is 4.98 Å². The smallest absolute Gasteiger partial charge is 0.311 e. The third-order valence-corrected chi connectivity index (χ3v) is 3.88. The van der Waals surface area contributed by atoms with Gasteiger partial charge in [0.2, 0.25) is 11.5 Å². The summed E-state index contributed by atoms with van der Waals surface area (Å²) in [5.74, 6) is -0.610. The largest absolute Gasteiger partial charge is 0.502 e. The summed E-state index contributed by atoms with van der Waals surface area (Å²) in [7, 11) is 0. The molecule has 0 aliphatic carbocycles. The number of nitrogens with zero attached hydrogens (tertiary/aromatic N) is 5. The molecule has 1 aromatic heterocycles. The molecule has 1 heterocycles. The molecule has 11 heteroatoms. The molecule has 0 fully saturated rings. The van der Waals surface area contributed by atoms with E-state index in [2.05, 4.69) is 15.0 Å². The van der Waals surface area contributed by atoms with Gasteiger partial charge in [-0.25, -0.2) is 15.0 Å². The van der Waals surface area contributed by atoms with Gasteiger partial charge in [-0.05, 0) is 24.3 Å². The first kappa shape index (κ1) is 20.1. The van der Waals surface area contributed by atoms with E-state index in [1.807, 2.05) is 0 Å². The molecule has 2 aromatic carbocycles. The van der Waals surface area contributed by atoms with Gasteiger partial charge in [0.25, 0.3) is 0 Å². The Bertz CT molecular complexity index is 1100. The van der Waals surface area contributed by atoms with Gasteiger partial charge in [0, 0.05) is 35.7 Å². The predicted octanol–water partition coefficient (Wildman–Crippen LogP) is 3.81. The Morgan fingerprint density at radius 1 is 0.733 bits per heavy atom. The molecule has 0 spiro atoms. The summed E-state index contributed by atoms with van der Waals surface area (Å²) in [5, 5.41) is 41.6. The average molecular weight is 407 g/mol. The van der Waals surface area contributed by atoms with Crippen molar-refractivity contribution in [2.75, 3.05) is 0 Å². The minimum absolute atomic E-state index is 0.140. The molecule has 0 saturated heterocycles. The number of benzene rings is 2. The van der Waals surface area contributed by atoms with Crippen molar-refractivity contribution in [3.05, 3.63) is 86.0 Å². The van der Waals surface area contributed by atoms with Crippen molar-refractivity contribution < 1.29 is 20.1 Å². The number of nitro benzene ring substituents is 2. The van der Waals surface area contributed by atoms with Gasteiger partial charge in [0.1, 0.15) is 0 Å². The topological polar surface area (TPSA) is 164 Å². The van der Waals surface area contributed by atoms with E-state index in [4.69, 9.17) is 0 Å². The Labute approximate surface area is 168 Å². The molecule has 0 saturated carbocycles. The maximum absolute atomic E-state index is 10.9. The summed E-state index contributed by atoms with van der Waals surface area (Å²) in [4.78, 5) is 32.7. The SMILES string of the molecule is O=[N+]([O-])c1cccc(C=Nc2cccc(/N=C/c3cccc([N+](=O)[O-])c3O)n2)c1O. The van der Waals surface area contributed by atoms with Gasteiger partial charge in [0.15, 0.2) is 11.6 Å². The van der Waals surface area contributed by atoms with Crippen LogP contribution in [0.5, 0.6) is 11.5 Å². The second-order valence-electron chi connectivity index (χ2n) is 5.81. The molecule has 30 heavy (non-hydrogen) atoms. The Morgan fingerprint density at radius 3 is 1.53 bits per heavy atom. The zero-order valence-electron chi connectivity index (χ0n) is 15.1. The van der Waals surface area contributed by atoms with Gasteiger partial charge in [-0.2, -0.15) is 0 Å². The monoisotopic (exact) mass is 407 g/mol. The Kier molecular flexibility index (Phi) is 5.73. The number of para-hydroxylation sites is 2. The second-order valence-corrected chi connectivity index (χ2v) is 5.81. The van der Waals surface area contributed by atoms with Crippen LogP contribution in [-0.4, -0.2) is 37.5 Å². The summed E-state index contributed by atoms with van der Waals surface area (Å²) in [6.07, 6.45) is 2.45. The fourth-order valence-electron chi connectivity index (χ4n) is 2.43. The normalized spacial score (nSPS) is 11.2. The van der Waals surface area contributed by atoms with E-state index in [1.54, 1.807) is 18.2 Å². The van der Waals surface area contributed by atoms with Crippen LogP contribution in [0.1, 0.15) is 11.1 Å². The van der Waals surface area contributed by atoms with Crippen LogP contribution in [0.4, 0.5) is 23.0 Å². The maximum atomic E-state index is 10.9. The van der Waals surface area contributed by atoms with Crippen LogP contribution in [-0.2, 0) is 0 Å². The highest BCUT2D eigenvalue weighted by molar-refractivity contribution is 5.88. The Hall–Kier alpha value is -4.67. The van der Waals surface area contributed by atoms with Gasteiger partial charge in [-0.3, -0.25) is 20.2 Å². The van der Waals surface area contributed by atoms with Crippen LogP contribution in [0.3, 0.4) is 0 Å². The first-order chi connectivity index (χ1) is 14.4. The number of nitro groups is 2. The Morgan fingerprint density at radius 2 is 1.13 bits per heavy atom. The third-order valence-electron chi connectivity index (χ3n) is 3.88. The highest BCUT2D eigenvalue weighted by atomic mass is 16.6. The Balaban J connectivity index is 1.84. The van der Waals surface area contributed by atoms with E-state index >= 15 is 0 Å². The van der Waals surface area contributed by atoms with Gasteiger partial charge in [-0.1, -0.05) is 18.2 Å². The summed E-state index contributed by atoms with van der Waals surface area (Å²) >= 11 is 0. The van der Waals surface area contributed by atoms with Crippen molar-refractivity contribution in [2.45, 2.75) is 0 Å². The first-order valence-corrected chi connectivity index (χ1v) is 8.34. The van der Waals surface area contributed by atoms with Crippen LogP contribution in [0.25, 0.3) is 0 Å². The fraction of sp³-hybridized carbons (Fsp3) is 0. The number of phenolic OH excluding ortho intramolecular Hbond substituents is 2. The van der Waals surface area contributed by atoms with Crippen LogP contribution in [0.15, 0.2) is 64.6 Å². The van der Waals surface area contributed by atoms with E-state index in [1.165, 1.54) is 48.8 Å². The first-order valence-electron chi connectivity index (χ1n) is 8.34. The van der Waals surface area contributed by atoms with E-state index in [0.717, 1.165) is 0 Å². The third kappa shape index (κ3) is 4.42. The molecule has 2 N–H and O–H groups in total. The number of phenols is 2. The number of aliphatic imine (C=N–C) groups is 2. The van der Waals surface area contributed by atoms with Crippen LogP contribution < -0.4 is 0 Å². The molecule has 0 unspecified atom stereocenters. The molecule has 0 radical (unpaired) electrons. The van der Waals surface area contributed by atoms with Crippen LogP contribution >= 0.6 is 0 Å². The highest BCUT2D eigenvalue weighted by Gasteiger charge is 2.16. The van der Waals surface area contributed by atoms with Gasteiger partial charge >= 0.3 is 11.4 Å². The molecule has 0 atom stereocenters. The zero-order chi connectivity index (χ0) is 21.7. The van der Waals surface area contributed by atoms with Crippen LogP contribution in [0.2, 0.25) is 0 Å². The fourth-order valence-corrected chi connectivity index (χ4v) is 2.43. The van der Waals surface area contributed by atoms with E-state index in [9.17, 15) is 30.4 Å². The molecule has 150 valence electrons. The van der Waals surface area contributed by atoms with Crippen molar-refractivity contribution in [3.63, 3.8) is 0 Å². The second kappa shape index (κ2) is 8.56. The minimum atomic E-state index is -0.705. The molecule has 0 bridgehead atoms. The summed E-state index contributed by atoms with van der Waals surface area (Å²) in [6.45, 7) is 0. The molecule has 0 aliphatic rings. The van der Waals surface area contributed by atoms with Crippen molar-refractivity contribution >= 4 is 35.4 Å². The van der Waals surface area contributed by atoms with Crippen LogP contribution in [0, 0.1) is 20.2 Å². The summed E-state index contributed by atoms with van der Waals surface area (Å²) in [5.41, 5.74) is -0.605. The number of pyridine rings is 1. The average Bonchev–Trinajstić information content (AvgIpc) is 2.72. The number of hydrogen-bond acceptors (Lipinski definition) is 9. The van der Waals surface area contributed by atoms with Crippen molar-refractivity contribution in [3.8, 4) is 11.5 Å². The predicted molar refractivity (Wildman–Crippen MR) is 108 cm³/mol. The standard InChI is InChI=1S/C19H13N5O6/c25-18-12(4-1-6-14(18)23(27)28)10-20-16-8-3-9-17(22-16)21-11-13-5-2-7-15(19(13)26)24(29)30/h1-11,25-26H/b20-10+,21-11?. The zero-order valence-corrected chi connectivity index (χ0v) is 15.1. The van der Waals surface area contributed by atoms with E-state index in [-0.39, 0.29) is 22.8 Å². The highest BCUT2D eigenvalue weighted by Crippen LogP contribution is 2.29. The lowest BCUT2D eigenvalue weighted by Crippen LogP contribution is -1.92. The molecule has 0 amide bonds. The van der Waals surface area contributed by atoms with Gasteiger partial charge in [-0.15, -0.1) is 0 Å². The lowest BCUT2D eigenvalue weighted by Gasteiger charge is -2.00.